The summed E-state index contributed by atoms with van der Waals surface area (Å²) in [6.07, 6.45) is 0. The Hall–Kier alpha value is -2.00. The summed E-state index contributed by atoms with van der Waals surface area (Å²) in [5.41, 5.74) is -0.0146. The fourth-order valence-corrected chi connectivity index (χ4v) is 3.90. The van der Waals surface area contributed by atoms with Crippen molar-refractivity contribution in [3.05, 3.63) is 40.6 Å². The van der Waals surface area contributed by atoms with E-state index in [0.717, 1.165) is 6.07 Å². The lowest BCUT2D eigenvalue weighted by Crippen LogP contribution is -2.17. The van der Waals surface area contributed by atoms with Crippen LogP contribution in [0, 0.1) is 5.82 Å². The largest absolute Gasteiger partial charge is 0.493 e. The monoisotopic (exact) mass is 417 g/mol. The van der Waals surface area contributed by atoms with E-state index < -0.39 is 15.8 Å². The van der Waals surface area contributed by atoms with Gasteiger partial charge in [0.25, 0.3) is 10.0 Å². The Bertz CT molecular complexity index is 888. The molecule has 0 aliphatic carbocycles. The molecule has 0 amide bonds. The maximum absolute atomic E-state index is 13.6. The molecule has 3 rings (SSSR count). The van der Waals surface area contributed by atoms with Gasteiger partial charge in [-0.25, -0.2) is 12.8 Å². The van der Waals surface area contributed by atoms with Crippen molar-refractivity contribution < 1.29 is 27.0 Å². The van der Waals surface area contributed by atoms with Crippen LogP contribution in [-0.4, -0.2) is 28.7 Å². The minimum absolute atomic E-state index is 0.0146. The number of rotatable bonds is 4. The third-order valence-corrected chi connectivity index (χ3v) is 5.23. The molecular weight excluding hydrogens is 405 g/mol. The molecule has 1 aliphatic rings. The Morgan fingerprint density at radius 1 is 1.17 bits per heavy atom. The van der Waals surface area contributed by atoms with Crippen molar-refractivity contribution in [3.63, 3.8) is 0 Å². The highest BCUT2D eigenvalue weighted by molar-refractivity contribution is 9.10. The molecule has 0 saturated carbocycles. The van der Waals surface area contributed by atoms with Gasteiger partial charge in [-0.1, -0.05) is 0 Å². The molecule has 24 heavy (non-hydrogen) atoms. The number of fused-ring (bicyclic) bond motifs is 1. The molecule has 1 N–H and O–H groups in total. The highest BCUT2D eigenvalue weighted by Gasteiger charge is 2.22. The Morgan fingerprint density at radius 3 is 2.58 bits per heavy atom. The van der Waals surface area contributed by atoms with E-state index in [1.165, 1.54) is 31.4 Å². The van der Waals surface area contributed by atoms with Crippen molar-refractivity contribution in [2.24, 2.45) is 0 Å². The number of anilines is 1. The molecule has 2 aromatic rings. The second-order valence-corrected chi connectivity index (χ2v) is 7.42. The van der Waals surface area contributed by atoms with E-state index in [0.29, 0.717) is 29.2 Å². The van der Waals surface area contributed by atoms with Crippen molar-refractivity contribution in [2.45, 2.75) is 4.90 Å². The van der Waals surface area contributed by atoms with Crippen molar-refractivity contribution >= 4 is 31.6 Å². The Balaban J connectivity index is 1.98. The van der Waals surface area contributed by atoms with Gasteiger partial charge in [-0.3, -0.25) is 4.72 Å². The van der Waals surface area contributed by atoms with Gasteiger partial charge in [0, 0.05) is 12.1 Å². The lowest BCUT2D eigenvalue weighted by molar-refractivity contribution is 0.171. The van der Waals surface area contributed by atoms with E-state index in [2.05, 4.69) is 20.7 Å². The Kier molecular flexibility index (Phi) is 4.55. The molecule has 2 aromatic carbocycles. The number of halogens is 2. The molecule has 9 heteroatoms. The van der Waals surface area contributed by atoms with E-state index in [-0.39, 0.29) is 16.3 Å². The predicted molar refractivity (Wildman–Crippen MR) is 88.9 cm³/mol. The minimum Gasteiger partial charge on any atom is -0.493 e. The Morgan fingerprint density at radius 2 is 1.88 bits per heavy atom. The molecule has 1 aliphatic heterocycles. The highest BCUT2D eigenvalue weighted by atomic mass is 79.9. The van der Waals surface area contributed by atoms with Gasteiger partial charge in [0.1, 0.15) is 19.0 Å². The molecule has 0 atom stereocenters. The zero-order valence-corrected chi connectivity index (χ0v) is 14.9. The molecule has 0 radical (unpaired) electrons. The lowest BCUT2D eigenvalue weighted by atomic mass is 10.3. The predicted octanol–water partition coefficient (Wildman–Crippen LogP) is 3.17. The smallest absolute Gasteiger partial charge is 0.262 e. The average molecular weight is 418 g/mol. The third kappa shape index (κ3) is 3.27. The van der Waals surface area contributed by atoms with Crippen LogP contribution in [0.4, 0.5) is 10.1 Å². The molecule has 0 saturated heterocycles. The fraction of sp³-hybridized carbons (Fsp3) is 0.200. The summed E-state index contributed by atoms with van der Waals surface area (Å²) in [5.74, 6) is 0.392. The summed E-state index contributed by atoms with van der Waals surface area (Å²) in [7, 11) is -2.60. The molecule has 0 unspecified atom stereocenters. The van der Waals surface area contributed by atoms with Crippen LogP contribution in [0.15, 0.2) is 39.7 Å². The fourth-order valence-electron chi connectivity index (χ4n) is 2.24. The maximum Gasteiger partial charge on any atom is 0.262 e. The number of hydrogen-bond acceptors (Lipinski definition) is 5. The first-order chi connectivity index (χ1) is 11.4. The van der Waals surface area contributed by atoms with E-state index in [4.69, 9.17) is 14.2 Å². The van der Waals surface area contributed by atoms with Crippen LogP contribution in [0.25, 0.3) is 0 Å². The number of benzene rings is 2. The topological polar surface area (TPSA) is 73.9 Å². The van der Waals surface area contributed by atoms with Crippen LogP contribution < -0.4 is 18.9 Å². The highest BCUT2D eigenvalue weighted by Crippen LogP contribution is 2.37. The summed E-state index contributed by atoms with van der Waals surface area (Å²) < 4.78 is 57.2. The number of sulfonamides is 1. The second-order valence-electron chi connectivity index (χ2n) is 4.88. The van der Waals surface area contributed by atoms with Crippen molar-refractivity contribution in [1.29, 1.82) is 0 Å². The standard InChI is InChI=1S/C15H13BrFNO5S/c1-21-15-11(16)6-9(17)7-12(15)18-24(19,20)10-2-3-13-14(8-10)23-5-4-22-13/h2-3,6-8,18H,4-5H2,1H3. The first-order valence-electron chi connectivity index (χ1n) is 6.86. The van der Waals surface area contributed by atoms with Crippen LogP contribution in [-0.2, 0) is 10.0 Å². The number of ether oxygens (including phenoxy) is 3. The van der Waals surface area contributed by atoms with Gasteiger partial charge in [0.15, 0.2) is 17.2 Å². The number of methoxy groups -OCH3 is 1. The quantitative estimate of drug-likeness (QED) is 0.826. The maximum atomic E-state index is 13.6. The Labute approximate surface area is 146 Å². The van der Waals surface area contributed by atoms with Crippen molar-refractivity contribution in [1.82, 2.24) is 0 Å². The van der Waals surface area contributed by atoms with E-state index >= 15 is 0 Å². The van der Waals surface area contributed by atoms with Gasteiger partial charge < -0.3 is 14.2 Å². The third-order valence-electron chi connectivity index (χ3n) is 3.28. The van der Waals surface area contributed by atoms with Crippen LogP contribution in [0.3, 0.4) is 0 Å². The minimum atomic E-state index is -3.97. The van der Waals surface area contributed by atoms with E-state index in [1.54, 1.807) is 0 Å². The second kappa shape index (κ2) is 6.48. The molecule has 0 spiro atoms. The molecule has 0 aromatic heterocycles. The summed E-state index contributed by atoms with van der Waals surface area (Å²) in [4.78, 5) is -0.0332. The average Bonchev–Trinajstić information content (AvgIpc) is 2.53. The molecule has 0 bridgehead atoms. The lowest BCUT2D eigenvalue weighted by Gasteiger charge is -2.19. The number of hydrogen-bond donors (Lipinski definition) is 1. The van der Waals surface area contributed by atoms with Crippen LogP contribution >= 0.6 is 15.9 Å². The normalized spacial score (nSPS) is 13.5. The number of nitrogens with one attached hydrogen (secondary N) is 1. The summed E-state index contributed by atoms with van der Waals surface area (Å²) in [6.45, 7) is 0.750. The zero-order chi connectivity index (χ0) is 17.3. The SMILES string of the molecule is COc1c(Br)cc(F)cc1NS(=O)(=O)c1ccc2c(c1)OCCO2. The zero-order valence-electron chi connectivity index (χ0n) is 12.5. The summed E-state index contributed by atoms with van der Waals surface area (Å²) in [5, 5.41) is 0. The van der Waals surface area contributed by atoms with E-state index in [9.17, 15) is 12.8 Å². The van der Waals surface area contributed by atoms with Gasteiger partial charge in [0.2, 0.25) is 0 Å². The first-order valence-corrected chi connectivity index (χ1v) is 9.14. The van der Waals surface area contributed by atoms with E-state index in [1.807, 2.05) is 0 Å². The van der Waals surface area contributed by atoms with Crippen molar-refractivity contribution in [3.8, 4) is 17.2 Å². The van der Waals surface area contributed by atoms with Gasteiger partial charge in [-0.15, -0.1) is 0 Å². The van der Waals surface area contributed by atoms with Gasteiger partial charge in [-0.2, -0.15) is 0 Å². The van der Waals surface area contributed by atoms with Crippen LogP contribution in [0.2, 0.25) is 0 Å². The van der Waals surface area contributed by atoms with Crippen molar-refractivity contribution in [2.75, 3.05) is 25.0 Å². The van der Waals surface area contributed by atoms with Gasteiger partial charge >= 0.3 is 0 Å². The molecular formula is C15H13BrFNO5S. The first kappa shape index (κ1) is 16.8. The molecule has 128 valence electrons. The summed E-state index contributed by atoms with van der Waals surface area (Å²) >= 11 is 3.13. The summed E-state index contributed by atoms with van der Waals surface area (Å²) in [6, 6.07) is 6.48. The van der Waals surface area contributed by atoms with Crippen LogP contribution in [0.1, 0.15) is 0 Å². The van der Waals surface area contributed by atoms with Crippen LogP contribution in [0.5, 0.6) is 17.2 Å². The molecule has 6 nitrogen and oxygen atoms in total. The van der Waals surface area contributed by atoms with Gasteiger partial charge in [0.05, 0.1) is 22.2 Å². The molecule has 0 fully saturated rings. The van der Waals surface area contributed by atoms with Gasteiger partial charge in [-0.05, 0) is 34.1 Å². The molecule has 1 heterocycles.